The molecule has 0 saturated carbocycles. The topological polar surface area (TPSA) is 133 Å². The van der Waals surface area contributed by atoms with Crippen molar-refractivity contribution in [2.24, 2.45) is 0 Å². The van der Waals surface area contributed by atoms with Gasteiger partial charge in [-0.25, -0.2) is 16.8 Å². The maximum atomic E-state index is 12.6. The van der Waals surface area contributed by atoms with Crippen molar-refractivity contribution in [3.05, 3.63) is 48.5 Å². The monoisotopic (exact) mass is 427 g/mol. The predicted octanol–water partition coefficient (Wildman–Crippen LogP) is -1.29. The fraction of sp³-hybridized carbons (Fsp3) is 0.143. The zero-order chi connectivity index (χ0) is 18.4. The summed E-state index contributed by atoms with van der Waals surface area (Å²) >= 11 is -3.99. The van der Waals surface area contributed by atoms with Crippen molar-refractivity contribution in [2.45, 2.75) is 9.79 Å². The summed E-state index contributed by atoms with van der Waals surface area (Å²) in [6.07, 6.45) is 0. The molecule has 2 atom stereocenters. The van der Waals surface area contributed by atoms with Gasteiger partial charge < -0.3 is 19.7 Å². The first-order valence-electron chi connectivity index (χ1n) is 6.87. The molecular formula is C14H16N2NaO6S3+. The van der Waals surface area contributed by atoms with Gasteiger partial charge in [-0.15, -0.1) is 0 Å². The van der Waals surface area contributed by atoms with Gasteiger partial charge in [-0.1, -0.05) is 0 Å². The maximum Gasteiger partial charge on any atom is 1.00 e. The summed E-state index contributed by atoms with van der Waals surface area (Å²) in [5.41, 5.74) is 1.05. The fourth-order valence-corrected chi connectivity index (χ4v) is 3.77. The minimum atomic E-state index is -3.71. The molecule has 2 rings (SSSR count). The Bertz CT molecular complexity index is 805. The van der Waals surface area contributed by atoms with E-state index in [-0.39, 0.29) is 51.1 Å². The number of hydrogen-bond acceptors (Lipinski definition) is 6. The van der Waals surface area contributed by atoms with Gasteiger partial charge in [0.25, 0.3) is 0 Å². The van der Waals surface area contributed by atoms with Crippen molar-refractivity contribution in [3.8, 4) is 0 Å². The minimum absolute atomic E-state index is 0. The van der Waals surface area contributed by atoms with Crippen LogP contribution >= 0.6 is 0 Å². The van der Waals surface area contributed by atoms with Gasteiger partial charge >= 0.3 is 29.6 Å². The van der Waals surface area contributed by atoms with Crippen LogP contribution in [0, 0.1) is 0 Å². The SMILES string of the molecule is O=S(O)CNc1ccc(S(=O)(=O)c2ccc(NCS(=O)O)cc2)cc1.[Na+]. The van der Waals surface area contributed by atoms with Gasteiger partial charge in [0.05, 0.1) is 9.79 Å². The second kappa shape index (κ2) is 10.5. The van der Waals surface area contributed by atoms with Crippen LogP contribution in [-0.4, -0.2) is 37.7 Å². The molecule has 0 radical (unpaired) electrons. The molecule has 0 aliphatic rings. The summed E-state index contributed by atoms with van der Waals surface area (Å²) in [7, 11) is -3.71. The van der Waals surface area contributed by atoms with E-state index < -0.39 is 32.0 Å². The third-order valence-corrected chi connectivity index (χ3v) is 5.70. The molecule has 0 aliphatic carbocycles. The quantitative estimate of drug-likeness (QED) is 0.302. The van der Waals surface area contributed by atoms with E-state index in [4.69, 9.17) is 9.11 Å². The molecule has 0 aromatic heterocycles. The molecule has 2 aromatic rings. The van der Waals surface area contributed by atoms with Crippen LogP contribution in [0.2, 0.25) is 0 Å². The van der Waals surface area contributed by atoms with E-state index in [2.05, 4.69) is 10.6 Å². The van der Waals surface area contributed by atoms with E-state index in [1.54, 1.807) is 0 Å². The van der Waals surface area contributed by atoms with E-state index in [0.717, 1.165) is 0 Å². The Hall–Kier alpha value is -0.790. The number of sulfone groups is 1. The molecule has 0 bridgehead atoms. The van der Waals surface area contributed by atoms with Gasteiger partial charge in [-0.05, 0) is 48.5 Å². The van der Waals surface area contributed by atoms with Crippen molar-refractivity contribution in [3.63, 3.8) is 0 Å². The summed E-state index contributed by atoms with van der Waals surface area (Å²) in [6, 6.07) is 11.6. The Balaban J connectivity index is 0.00000338. The summed E-state index contributed by atoms with van der Waals surface area (Å²) in [5.74, 6) is -0.307. The summed E-state index contributed by atoms with van der Waals surface area (Å²) < 4.78 is 63.8. The Labute approximate surface area is 178 Å². The molecule has 4 N–H and O–H groups in total. The Morgan fingerprint density at radius 1 is 0.731 bits per heavy atom. The van der Waals surface area contributed by atoms with Crippen molar-refractivity contribution in [1.82, 2.24) is 0 Å². The van der Waals surface area contributed by atoms with Crippen LogP contribution in [0.5, 0.6) is 0 Å². The van der Waals surface area contributed by atoms with Crippen LogP contribution in [0.4, 0.5) is 11.4 Å². The van der Waals surface area contributed by atoms with Crippen molar-refractivity contribution in [2.75, 3.05) is 22.4 Å². The molecule has 0 aliphatic heterocycles. The zero-order valence-electron chi connectivity index (χ0n) is 13.8. The summed E-state index contributed by atoms with van der Waals surface area (Å²) in [4.78, 5) is 0.167. The third-order valence-electron chi connectivity index (χ3n) is 3.13. The standard InChI is InChI=1S/C14H16N2O6S3.Na/c17-23(18)9-15-11-1-5-13(6-2-11)25(21,22)14-7-3-12(4-8-14)16-10-24(19)20;/h1-8,15-16H,9-10H2,(H,17,18)(H,19,20);/q;+1. The molecule has 0 spiro atoms. The summed E-state index contributed by atoms with van der Waals surface area (Å²) in [6.45, 7) is 0. The largest absolute Gasteiger partial charge is 1.00 e. The minimum Gasteiger partial charge on any atom is -0.372 e. The van der Waals surface area contributed by atoms with Crippen molar-refractivity contribution < 1.29 is 55.5 Å². The van der Waals surface area contributed by atoms with Crippen LogP contribution in [0.3, 0.4) is 0 Å². The molecule has 0 heterocycles. The normalized spacial score (nSPS) is 13.3. The first kappa shape index (κ1) is 23.2. The third kappa shape index (κ3) is 6.74. The van der Waals surface area contributed by atoms with Crippen molar-refractivity contribution in [1.29, 1.82) is 0 Å². The van der Waals surface area contributed by atoms with E-state index in [1.165, 1.54) is 48.5 Å². The van der Waals surface area contributed by atoms with E-state index >= 15 is 0 Å². The molecule has 0 saturated heterocycles. The number of nitrogens with one attached hydrogen (secondary N) is 2. The average molecular weight is 427 g/mol. The van der Waals surface area contributed by atoms with Crippen LogP contribution < -0.4 is 40.2 Å². The number of anilines is 2. The van der Waals surface area contributed by atoms with Crippen molar-refractivity contribution >= 4 is 43.4 Å². The Morgan fingerprint density at radius 3 is 1.31 bits per heavy atom. The van der Waals surface area contributed by atoms with Gasteiger partial charge in [-0.3, -0.25) is 0 Å². The molecule has 8 nitrogen and oxygen atoms in total. The smallest absolute Gasteiger partial charge is 0.372 e. The van der Waals surface area contributed by atoms with Gasteiger partial charge in [0, 0.05) is 11.4 Å². The molecule has 0 amide bonds. The van der Waals surface area contributed by atoms with Gasteiger partial charge in [0.15, 0.2) is 22.2 Å². The molecule has 12 heteroatoms. The van der Waals surface area contributed by atoms with E-state index in [0.29, 0.717) is 11.4 Å². The van der Waals surface area contributed by atoms with Crippen LogP contribution in [-0.2, 0) is 32.0 Å². The predicted molar refractivity (Wildman–Crippen MR) is 96.9 cm³/mol. The van der Waals surface area contributed by atoms with Crippen LogP contribution in [0.15, 0.2) is 58.3 Å². The molecule has 2 unspecified atom stereocenters. The van der Waals surface area contributed by atoms with Gasteiger partial charge in [0.1, 0.15) is 11.8 Å². The van der Waals surface area contributed by atoms with E-state index in [9.17, 15) is 16.8 Å². The number of benzene rings is 2. The summed E-state index contributed by atoms with van der Waals surface area (Å²) in [5, 5.41) is 5.39. The number of hydrogen-bond donors (Lipinski definition) is 4. The van der Waals surface area contributed by atoms with E-state index in [1.807, 2.05) is 0 Å². The molecule has 26 heavy (non-hydrogen) atoms. The van der Waals surface area contributed by atoms with Crippen LogP contribution in [0.1, 0.15) is 0 Å². The first-order valence-corrected chi connectivity index (χ1v) is 10.9. The zero-order valence-corrected chi connectivity index (χ0v) is 18.2. The molecular weight excluding hydrogens is 411 g/mol. The molecule has 136 valence electrons. The Kier molecular flexibility index (Phi) is 9.41. The Morgan fingerprint density at radius 2 is 1.04 bits per heavy atom. The van der Waals surface area contributed by atoms with Gasteiger partial charge in [0.2, 0.25) is 9.84 Å². The molecule has 2 aromatic carbocycles. The second-order valence-electron chi connectivity index (χ2n) is 4.84. The maximum absolute atomic E-state index is 12.6. The molecule has 0 fully saturated rings. The van der Waals surface area contributed by atoms with Gasteiger partial charge in [-0.2, -0.15) is 0 Å². The first-order chi connectivity index (χ1) is 11.8. The number of rotatable bonds is 8. The average Bonchev–Trinajstić information content (AvgIpc) is 2.59. The second-order valence-corrected chi connectivity index (χ2v) is 8.65. The fourth-order valence-electron chi connectivity index (χ4n) is 1.93. The van der Waals surface area contributed by atoms with Crippen LogP contribution in [0.25, 0.3) is 0 Å².